The van der Waals surface area contributed by atoms with E-state index >= 15 is 0 Å². The zero-order valence-corrected chi connectivity index (χ0v) is 17.2. The number of hydrogen-bond acceptors (Lipinski definition) is 5. The third-order valence-electron chi connectivity index (χ3n) is 3.84. The van der Waals surface area contributed by atoms with Crippen molar-refractivity contribution in [2.75, 3.05) is 12.0 Å². The number of carbonyl (C=O) groups is 3. The number of carbonyl (C=O) groups excluding carboxylic acids is 3. The summed E-state index contributed by atoms with van der Waals surface area (Å²) in [6.07, 6.45) is 1.28. The van der Waals surface area contributed by atoms with Crippen LogP contribution in [-0.2, 0) is 9.59 Å². The first-order valence-electron chi connectivity index (χ1n) is 7.66. The lowest BCUT2D eigenvalue weighted by molar-refractivity contribution is -0.122. The summed E-state index contributed by atoms with van der Waals surface area (Å²) in [4.78, 5) is 38.1. The van der Waals surface area contributed by atoms with E-state index in [1.165, 1.54) is 43.5 Å². The van der Waals surface area contributed by atoms with Gasteiger partial charge in [-0.15, -0.1) is 0 Å². The number of barbiturate groups is 1. The minimum absolute atomic E-state index is 0.128. The van der Waals surface area contributed by atoms with Crippen LogP contribution in [-0.4, -0.2) is 30.1 Å². The third-order valence-corrected chi connectivity index (χ3v) is 5.19. The zero-order valence-electron chi connectivity index (χ0n) is 14.1. The van der Waals surface area contributed by atoms with Crippen LogP contribution in [0.3, 0.4) is 0 Å². The first kappa shape index (κ1) is 20.2. The minimum atomic E-state index is -0.907. The number of aromatic hydroxyl groups is 1. The van der Waals surface area contributed by atoms with Crippen LogP contribution < -0.4 is 15.0 Å². The molecule has 0 bridgehead atoms. The van der Waals surface area contributed by atoms with Crippen LogP contribution in [0.4, 0.5) is 10.5 Å². The van der Waals surface area contributed by atoms with Gasteiger partial charge in [0.15, 0.2) is 11.5 Å². The highest BCUT2D eigenvalue weighted by Crippen LogP contribution is 2.36. The van der Waals surface area contributed by atoms with Crippen LogP contribution in [0.2, 0.25) is 10.0 Å². The first-order chi connectivity index (χ1) is 13.2. The second-order valence-electron chi connectivity index (χ2n) is 5.61. The SMILES string of the molecule is COc1cc(C=C2C(=O)NC(=O)N(c3ccc(Cl)c(Cl)c3)C2=O)cc(Br)c1O. The maximum atomic E-state index is 12.9. The Bertz CT molecular complexity index is 1050. The Morgan fingerprint density at radius 2 is 1.86 bits per heavy atom. The lowest BCUT2D eigenvalue weighted by atomic mass is 10.1. The zero-order chi connectivity index (χ0) is 20.6. The molecule has 10 heteroatoms. The van der Waals surface area contributed by atoms with E-state index in [0.717, 1.165) is 4.90 Å². The Balaban J connectivity index is 2.06. The summed E-state index contributed by atoms with van der Waals surface area (Å²) in [7, 11) is 1.36. The molecule has 3 rings (SSSR count). The quantitative estimate of drug-likeness (QED) is 0.503. The molecule has 1 heterocycles. The normalized spacial score (nSPS) is 15.8. The molecule has 1 saturated heterocycles. The third kappa shape index (κ3) is 3.71. The van der Waals surface area contributed by atoms with Crippen LogP contribution in [0, 0.1) is 0 Å². The summed E-state index contributed by atoms with van der Waals surface area (Å²) in [6, 6.07) is 6.23. The van der Waals surface area contributed by atoms with Crippen LogP contribution in [0.25, 0.3) is 6.08 Å². The molecule has 144 valence electrons. The van der Waals surface area contributed by atoms with E-state index in [1.807, 2.05) is 0 Å². The summed E-state index contributed by atoms with van der Waals surface area (Å²) < 4.78 is 5.36. The van der Waals surface area contributed by atoms with Gasteiger partial charge < -0.3 is 9.84 Å². The second-order valence-corrected chi connectivity index (χ2v) is 7.28. The van der Waals surface area contributed by atoms with E-state index in [2.05, 4.69) is 21.2 Å². The van der Waals surface area contributed by atoms with E-state index in [4.69, 9.17) is 27.9 Å². The van der Waals surface area contributed by atoms with Gasteiger partial charge in [0.2, 0.25) is 0 Å². The van der Waals surface area contributed by atoms with E-state index < -0.39 is 17.8 Å². The van der Waals surface area contributed by atoms with E-state index in [9.17, 15) is 19.5 Å². The molecule has 2 aromatic carbocycles. The lowest BCUT2D eigenvalue weighted by Crippen LogP contribution is -2.54. The molecule has 1 aliphatic rings. The summed E-state index contributed by atoms with van der Waals surface area (Å²) >= 11 is 15.0. The molecule has 1 fully saturated rings. The van der Waals surface area contributed by atoms with Gasteiger partial charge >= 0.3 is 6.03 Å². The van der Waals surface area contributed by atoms with Gasteiger partial charge in [0, 0.05) is 0 Å². The van der Waals surface area contributed by atoms with Crippen molar-refractivity contribution in [2.45, 2.75) is 0 Å². The van der Waals surface area contributed by atoms with E-state index in [0.29, 0.717) is 10.0 Å². The Morgan fingerprint density at radius 3 is 2.50 bits per heavy atom. The minimum Gasteiger partial charge on any atom is -0.503 e. The number of nitrogens with zero attached hydrogens (tertiary/aromatic N) is 1. The molecule has 0 aliphatic carbocycles. The largest absolute Gasteiger partial charge is 0.503 e. The Kier molecular flexibility index (Phi) is 5.64. The number of phenols is 1. The molecule has 0 unspecified atom stereocenters. The number of nitrogens with one attached hydrogen (secondary N) is 1. The van der Waals surface area contributed by atoms with Crippen molar-refractivity contribution < 1.29 is 24.2 Å². The molecule has 0 saturated carbocycles. The van der Waals surface area contributed by atoms with Gasteiger partial charge in [-0.2, -0.15) is 0 Å². The molecular formula is C18H11BrCl2N2O5. The van der Waals surface area contributed by atoms with Crippen molar-refractivity contribution in [1.82, 2.24) is 5.32 Å². The van der Waals surface area contributed by atoms with Gasteiger partial charge in [0.1, 0.15) is 5.57 Å². The van der Waals surface area contributed by atoms with Gasteiger partial charge in [0.05, 0.1) is 27.3 Å². The molecule has 28 heavy (non-hydrogen) atoms. The second kappa shape index (κ2) is 7.83. The van der Waals surface area contributed by atoms with Crippen molar-refractivity contribution in [2.24, 2.45) is 0 Å². The van der Waals surface area contributed by atoms with Crippen molar-refractivity contribution >= 4 is 68.7 Å². The molecule has 0 radical (unpaired) electrons. The summed E-state index contributed by atoms with van der Waals surface area (Å²) in [6.45, 7) is 0. The molecular weight excluding hydrogens is 475 g/mol. The Labute approximate surface area is 177 Å². The van der Waals surface area contributed by atoms with Crippen LogP contribution in [0.5, 0.6) is 11.5 Å². The highest BCUT2D eigenvalue weighted by molar-refractivity contribution is 9.10. The summed E-state index contributed by atoms with van der Waals surface area (Å²) in [5, 5.41) is 12.4. The molecule has 2 N–H and O–H groups in total. The van der Waals surface area contributed by atoms with E-state index in [-0.39, 0.29) is 32.8 Å². The molecule has 0 spiro atoms. The fraction of sp³-hybridized carbons (Fsp3) is 0.0556. The molecule has 4 amide bonds. The number of benzene rings is 2. The number of rotatable bonds is 3. The summed E-state index contributed by atoms with van der Waals surface area (Å²) in [5.41, 5.74) is 0.258. The number of imide groups is 2. The average Bonchev–Trinajstić information content (AvgIpc) is 2.64. The molecule has 2 aromatic rings. The predicted molar refractivity (Wildman–Crippen MR) is 108 cm³/mol. The number of phenolic OH excluding ortho intramolecular Hbond substituents is 1. The highest BCUT2D eigenvalue weighted by Gasteiger charge is 2.37. The smallest absolute Gasteiger partial charge is 0.335 e. The van der Waals surface area contributed by atoms with Gasteiger partial charge in [-0.25, -0.2) is 9.69 Å². The Morgan fingerprint density at radius 1 is 1.14 bits per heavy atom. The van der Waals surface area contributed by atoms with Gasteiger partial charge in [0.25, 0.3) is 11.8 Å². The number of ether oxygens (including phenoxy) is 1. The van der Waals surface area contributed by atoms with E-state index in [1.54, 1.807) is 0 Å². The van der Waals surface area contributed by atoms with Gasteiger partial charge in [-0.05, 0) is 57.9 Å². The van der Waals surface area contributed by atoms with Crippen molar-refractivity contribution in [3.63, 3.8) is 0 Å². The monoisotopic (exact) mass is 484 g/mol. The van der Waals surface area contributed by atoms with Crippen LogP contribution in [0.15, 0.2) is 40.4 Å². The van der Waals surface area contributed by atoms with Crippen molar-refractivity contribution in [3.8, 4) is 11.5 Å². The first-order valence-corrected chi connectivity index (χ1v) is 9.21. The van der Waals surface area contributed by atoms with Gasteiger partial charge in [-0.1, -0.05) is 23.2 Å². The predicted octanol–water partition coefficient (Wildman–Crippen LogP) is 4.14. The standard InChI is InChI=1S/C18H11BrCl2N2O5/c1-28-14-6-8(5-11(19)15(14)24)4-10-16(25)22-18(27)23(17(10)26)9-2-3-12(20)13(21)7-9/h2-7,24H,1H3,(H,22,25,27). The molecule has 1 aliphatic heterocycles. The fourth-order valence-electron chi connectivity index (χ4n) is 2.52. The lowest BCUT2D eigenvalue weighted by Gasteiger charge is -2.26. The fourth-order valence-corrected chi connectivity index (χ4v) is 3.27. The summed E-state index contributed by atoms with van der Waals surface area (Å²) in [5.74, 6) is -1.68. The molecule has 7 nitrogen and oxygen atoms in total. The number of anilines is 1. The topological polar surface area (TPSA) is 95.9 Å². The maximum Gasteiger partial charge on any atom is 0.335 e. The number of halogens is 3. The van der Waals surface area contributed by atoms with Crippen LogP contribution >= 0.6 is 39.1 Å². The van der Waals surface area contributed by atoms with Crippen molar-refractivity contribution in [1.29, 1.82) is 0 Å². The van der Waals surface area contributed by atoms with Crippen molar-refractivity contribution in [3.05, 3.63) is 56.0 Å². The molecule has 0 aromatic heterocycles. The number of hydrogen-bond donors (Lipinski definition) is 2. The average molecular weight is 486 g/mol. The number of amides is 4. The molecule has 0 atom stereocenters. The highest BCUT2D eigenvalue weighted by atomic mass is 79.9. The number of methoxy groups -OCH3 is 1. The number of urea groups is 1. The maximum absolute atomic E-state index is 12.9. The Hall–Kier alpha value is -2.55. The van der Waals surface area contributed by atoms with Gasteiger partial charge in [-0.3, -0.25) is 14.9 Å². The van der Waals surface area contributed by atoms with Crippen LogP contribution in [0.1, 0.15) is 5.56 Å².